The molecule has 0 saturated heterocycles. The Hall–Kier alpha value is -2.75. The van der Waals surface area contributed by atoms with Crippen LogP contribution in [0.1, 0.15) is 60.3 Å². The number of rotatable bonds is 4. The molecule has 1 aromatic carbocycles. The van der Waals surface area contributed by atoms with Crippen LogP contribution in [-0.4, -0.2) is 28.8 Å². The van der Waals surface area contributed by atoms with Gasteiger partial charge in [-0.1, -0.05) is 12.1 Å². The molecule has 0 N–H and O–H groups in total. The number of benzene rings is 1. The van der Waals surface area contributed by atoms with Crippen LogP contribution in [0.4, 0.5) is 8.78 Å². The summed E-state index contributed by atoms with van der Waals surface area (Å²) in [7, 11) is 1.26. The minimum Gasteiger partial charge on any atom is -0.464 e. The lowest BCUT2D eigenvalue weighted by Gasteiger charge is -2.35. The Labute approximate surface area is 150 Å². The number of halogens is 2. The Morgan fingerprint density at radius 1 is 1.35 bits per heavy atom. The third-order valence-corrected chi connectivity index (χ3v) is 4.60. The molecule has 0 bridgehead atoms. The minimum atomic E-state index is -2.72. The summed E-state index contributed by atoms with van der Waals surface area (Å²) >= 11 is 0. The Bertz CT molecular complexity index is 871. The molecule has 26 heavy (non-hydrogen) atoms. The fraction of sp³-hybridized carbons (Fsp3) is 0.421. The van der Waals surface area contributed by atoms with Gasteiger partial charge in [-0.15, -0.1) is 0 Å². The van der Waals surface area contributed by atoms with Crippen molar-refractivity contribution in [2.45, 2.75) is 44.6 Å². The van der Waals surface area contributed by atoms with Crippen LogP contribution in [0.15, 0.2) is 24.3 Å². The van der Waals surface area contributed by atoms with Crippen LogP contribution in [0, 0.1) is 11.3 Å². The summed E-state index contributed by atoms with van der Waals surface area (Å²) in [6.07, 6.45) is -0.631. The maximum absolute atomic E-state index is 13.5. The highest BCUT2D eigenvalue weighted by Gasteiger charge is 2.49. The molecule has 7 heteroatoms. The van der Waals surface area contributed by atoms with Gasteiger partial charge in [0, 0.05) is 30.0 Å². The van der Waals surface area contributed by atoms with E-state index in [4.69, 9.17) is 10.00 Å². The first kappa shape index (κ1) is 18.1. The van der Waals surface area contributed by atoms with E-state index in [2.05, 4.69) is 5.10 Å². The first-order valence-electron chi connectivity index (χ1n) is 8.36. The average molecular weight is 359 g/mol. The van der Waals surface area contributed by atoms with Crippen LogP contribution < -0.4 is 0 Å². The van der Waals surface area contributed by atoms with Crippen LogP contribution in [0.3, 0.4) is 0 Å². The van der Waals surface area contributed by atoms with E-state index in [1.165, 1.54) is 11.8 Å². The van der Waals surface area contributed by atoms with E-state index >= 15 is 0 Å². The zero-order chi connectivity index (χ0) is 19.1. The van der Waals surface area contributed by atoms with Crippen molar-refractivity contribution in [2.24, 2.45) is 0 Å². The van der Waals surface area contributed by atoms with E-state index < -0.39 is 17.8 Å². The number of esters is 1. The predicted octanol–water partition coefficient (Wildman–Crippen LogP) is 4.30. The molecule has 1 fully saturated rings. The highest BCUT2D eigenvalue weighted by molar-refractivity contribution is 5.92. The van der Waals surface area contributed by atoms with Gasteiger partial charge in [-0.05, 0) is 31.9 Å². The van der Waals surface area contributed by atoms with Gasteiger partial charge in [0.2, 0.25) is 5.92 Å². The second kappa shape index (κ2) is 6.52. The predicted molar refractivity (Wildman–Crippen MR) is 91.0 cm³/mol. The van der Waals surface area contributed by atoms with Crippen molar-refractivity contribution in [1.29, 1.82) is 5.26 Å². The summed E-state index contributed by atoms with van der Waals surface area (Å²) in [5, 5.41) is 13.5. The Morgan fingerprint density at radius 2 is 1.96 bits per heavy atom. The van der Waals surface area contributed by atoms with E-state index in [1.807, 2.05) is 19.9 Å². The van der Waals surface area contributed by atoms with Gasteiger partial charge in [-0.25, -0.2) is 13.6 Å². The number of methoxy groups -OCH3 is 1. The highest BCUT2D eigenvalue weighted by atomic mass is 19.3. The van der Waals surface area contributed by atoms with Gasteiger partial charge in [0.05, 0.1) is 24.4 Å². The number of hydrogen-bond acceptors (Lipinski definition) is 4. The van der Waals surface area contributed by atoms with Crippen molar-refractivity contribution in [2.75, 3.05) is 7.11 Å². The second-order valence-electron chi connectivity index (χ2n) is 6.79. The third kappa shape index (κ3) is 3.07. The molecule has 1 aromatic heterocycles. The lowest BCUT2D eigenvalue weighted by atomic mass is 9.75. The van der Waals surface area contributed by atoms with E-state index in [-0.39, 0.29) is 24.6 Å². The molecule has 0 amide bonds. The van der Waals surface area contributed by atoms with Gasteiger partial charge < -0.3 is 4.74 Å². The normalized spacial score (nSPS) is 16.2. The number of carbonyl (C=O) groups is 1. The van der Waals surface area contributed by atoms with Crippen molar-refractivity contribution >= 4 is 5.97 Å². The first-order chi connectivity index (χ1) is 12.3. The molecule has 136 valence electrons. The number of nitrogens with zero attached hydrogens (tertiary/aromatic N) is 3. The van der Waals surface area contributed by atoms with E-state index in [9.17, 15) is 13.6 Å². The average Bonchev–Trinajstić information content (AvgIpc) is 2.99. The summed E-state index contributed by atoms with van der Waals surface area (Å²) in [5.41, 5.74) is 2.38. The number of ether oxygens (including phenoxy) is 1. The largest absolute Gasteiger partial charge is 0.464 e. The summed E-state index contributed by atoms with van der Waals surface area (Å²) in [6.45, 7) is 3.72. The summed E-state index contributed by atoms with van der Waals surface area (Å²) in [5.74, 6) is -3.77. The van der Waals surface area contributed by atoms with E-state index in [0.717, 1.165) is 0 Å². The van der Waals surface area contributed by atoms with Crippen LogP contribution in [0.5, 0.6) is 0 Å². The van der Waals surface area contributed by atoms with Gasteiger partial charge in [0.1, 0.15) is 0 Å². The quantitative estimate of drug-likeness (QED) is 0.763. The van der Waals surface area contributed by atoms with Gasteiger partial charge in [0.15, 0.2) is 5.69 Å². The molecule has 0 unspecified atom stereocenters. The van der Waals surface area contributed by atoms with Crippen molar-refractivity contribution < 1.29 is 18.3 Å². The van der Waals surface area contributed by atoms with Gasteiger partial charge in [-0.3, -0.25) is 4.68 Å². The SMILES string of the molecule is COC(=O)c1c(C2CC(F)(F)C2)c(-c2ccc(C#N)cc2)nn1C(C)C. The van der Waals surface area contributed by atoms with Crippen LogP contribution >= 0.6 is 0 Å². The number of nitriles is 1. The lowest BCUT2D eigenvalue weighted by Crippen LogP contribution is -2.34. The van der Waals surface area contributed by atoms with E-state index in [1.54, 1.807) is 24.3 Å². The molecule has 1 aliphatic rings. The molecule has 1 heterocycles. The van der Waals surface area contributed by atoms with Crippen LogP contribution in [0.2, 0.25) is 0 Å². The summed E-state index contributed by atoms with van der Waals surface area (Å²) < 4.78 is 33.4. The van der Waals surface area contributed by atoms with Gasteiger partial charge >= 0.3 is 5.97 Å². The van der Waals surface area contributed by atoms with Gasteiger partial charge in [0.25, 0.3) is 0 Å². The molecule has 3 rings (SSSR count). The fourth-order valence-corrected chi connectivity index (χ4v) is 3.29. The Morgan fingerprint density at radius 3 is 2.42 bits per heavy atom. The second-order valence-corrected chi connectivity index (χ2v) is 6.79. The summed E-state index contributed by atoms with van der Waals surface area (Å²) in [4.78, 5) is 12.4. The van der Waals surface area contributed by atoms with E-state index in [0.29, 0.717) is 22.4 Å². The lowest BCUT2D eigenvalue weighted by molar-refractivity contribution is -0.0868. The number of alkyl halides is 2. The van der Waals surface area contributed by atoms with Crippen molar-refractivity contribution in [3.05, 3.63) is 41.1 Å². The molecule has 0 atom stereocenters. The minimum absolute atomic E-state index is 0.143. The molecular formula is C19H19F2N3O2. The highest BCUT2D eigenvalue weighted by Crippen LogP contribution is 2.51. The smallest absolute Gasteiger partial charge is 0.356 e. The molecule has 0 aliphatic heterocycles. The third-order valence-electron chi connectivity index (χ3n) is 4.60. The Balaban J connectivity index is 2.19. The zero-order valence-electron chi connectivity index (χ0n) is 14.8. The van der Waals surface area contributed by atoms with Crippen molar-refractivity contribution in [1.82, 2.24) is 9.78 Å². The molecule has 1 saturated carbocycles. The van der Waals surface area contributed by atoms with Crippen LogP contribution in [-0.2, 0) is 4.74 Å². The Kier molecular flexibility index (Phi) is 4.53. The number of hydrogen-bond donors (Lipinski definition) is 0. The maximum Gasteiger partial charge on any atom is 0.356 e. The summed E-state index contributed by atoms with van der Waals surface area (Å²) in [6, 6.07) is 8.61. The molecule has 5 nitrogen and oxygen atoms in total. The molecule has 1 aliphatic carbocycles. The topological polar surface area (TPSA) is 67.9 Å². The van der Waals surface area contributed by atoms with Crippen LogP contribution in [0.25, 0.3) is 11.3 Å². The zero-order valence-corrected chi connectivity index (χ0v) is 14.8. The number of carbonyl (C=O) groups excluding carboxylic acids is 1. The molecule has 0 spiro atoms. The fourth-order valence-electron chi connectivity index (χ4n) is 3.29. The first-order valence-corrected chi connectivity index (χ1v) is 8.36. The number of aromatic nitrogens is 2. The maximum atomic E-state index is 13.5. The van der Waals surface area contributed by atoms with Gasteiger partial charge in [-0.2, -0.15) is 10.4 Å². The molecular weight excluding hydrogens is 340 g/mol. The monoisotopic (exact) mass is 359 g/mol. The standard InChI is InChI=1S/C19H19F2N3O2/c1-11(2)24-17(18(25)26-3)15(14-8-19(20,21)9-14)16(23-24)13-6-4-12(10-22)5-7-13/h4-7,11,14H,8-9H2,1-3H3. The van der Waals surface area contributed by atoms with Crippen molar-refractivity contribution in [3.63, 3.8) is 0 Å². The molecule has 2 aromatic rings. The van der Waals surface area contributed by atoms with Crippen molar-refractivity contribution in [3.8, 4) is 17.3 Å². The molecule has 0 radical (unpaired) electrons.